The molecule has 0 radical (unpaired) electrons. The lowest BCUT2D eigenvalue weighted by Gasteiger charge is -2.25. The van der Waals surface area contributed by atoms with Gasteiger partial charge in [-0.05, 0) is 5.41 Å². The largest absolute Gasteiger partial charge is 0.395 e. The molecule has 0 aromatic rings. The molecule has 0 aromatic heterocycles. The van der Waals surface area contributed by atoms with Gasteiger partial charge in [0.2, 0.25) is 5.91 Å². The van der Waals surface area contributed by atoms with E-state index in [1.54, 1.807) is 0 Å². The topological polar surface area (TPSA) is 49.3 Å². The van der Waals surface area contributed by atoms with E-state index in [1.165, 1.54) is 0 Å². The fourth-order valence-electron chi connectivity index (χ4n) is 0.725. The summed E-state index contributed by atoms with van der Waals surface area (Å²) in [6, 6.07) is 0. The van der Waals surface area contributed by atoms with E-state index in [2.05, 4.69) is 5.32 Å². The van der Waals surface area contributed by atoms with Crippen molar-refractivity contribution in [3.63, 3.8) is 0 Å². The molecule has 12 heavy (non-hydrogen) atoms. The highest BCUT2D eigenvalue weighted by molar-refractivity contribution is 5.78. The van der Waals surface area contributed by atoms with E-state index in [0.717, 1.165) is 0 Å². The Morgan fingerprint density at radius 3 is 2.33 bits per heavy atom. The van der Waals surface area contributed by atoms with Crippen LogP contribution in [0.1, 0.15) is 27.7 Å². The van der Waals surface area contributed by atoms with Crippen LogP contribution in [0, 0.1) is 11.3 Å². The summed E-state index contributed by atoms with van der Waals surface area (Å²) in [7, 11) is 0. The zero-order chi connectivity index (χ0) is 9.78. The molecule has 0 saturated carbocycles. The predicted octanol–water partition coefficient (Wildman–Crippen LogP) is 0.777. The lowest BCUT2D eigenvalue weighted by Crippen LogP contribution is -2.37. The smallest absolute Gasteiger partial charge is 0.223 e. The first-order valence-corrected chi connectivity index (χ1v) is 4.28. The summed E-state index contributed by atoms with van der Waals surface area (Å²) >= 11 is 0. The van der Waals surface area contributed by atoms with Crippen LogP contribution in [0.25, 0.3) is 0 Å². The Morgan fingerprint density at radius 1 is 1.50 bits per heavy atom. The minimum atomic E-state index is -0.0240. The fraction of sp³-hybridized carbons (Fsp3) is 0.889. The molecule has 0 heterocycles. The molecule has 0 bridgehead atoms. The monoisotopic (exact) mass is 173 g/mol. The van der Waals surface area contributed by atoms with Crippen molar-refractivity contribution in [1.29, 1.82) is 0 Å². The van der Waals surface area contributed by atoms with Crippen LogP contribution >= 0.6 is 0 Å². The van der Waals surface area contributed by atoms with Gasteiger partial charge in [0, 0.05) is 12.5 Å². The molecule has 0 spiro atoms. The molecule has 0 fully saturated rings. The van der Waals surface area contributed by atoms with Crippen LogP contribution in [-0.4, -0.2) is 24.2 Å². The number of hydrogen-bond donors (Lipinski definition) is 2. The molecule has 0 aliphatic rings. The number of carbonyl (C=O) groups is 1. The van der Waals surface area contributed by atoms with Gasteiger partial charge in [0.1, 0.15) is 0 Å². The Morgan fingerprint density at radius 2 is 2.00 bits per heavy atom. The van der Waals surface area contributed by atoms with Gasteiger partial charge in [0.25, 0.3) is 0 Å². The minimum absolute atomic E-state index is 0.00258. The molecular formula is C9H19NO2. The molecule has 0 aromatic carbocycles. The number of nitrogens with one attached hydrogen (secondary N) is 1. The van der Waals surface area contributed by atoms with Crippen molar-refractivity contribution in [1.82, 2.24) is 5.32 Å². The maximum absolute atomic E-state index is 11.3. The summed E-state index contributed by atoms with van der Waals surface area (Å²) in [4.78, 5) is 11.3. The van der Waals surface area contributed by atoms with E-state index in [9.17, 15) is 4.79 Å². The van der Waals surface area contributed by atoms with Crippen LogP contribution < -0.4 is 5.32 Å². The van der Waals surface area contributed by atoms with Gasteiger partial charge in [-0.25, -0.2) is 0 Å². The van der Waals surface area contributed by atoms with Crippen molar-refractivity contribution in [2.75, 3.05) is 13.2 Å². The molecule has 0 saturated heterocycles. The first-order chi connectivity index (χ1) is 5.39. The van der Waals surface area contributed by atoms with Crippen molar-refractivity contribution in [3.05, 3.63) is 0 Å². The zero-order valence-corrected chi connectivity index (χ0v) is 8.35. The van der Waals surface area contributed by atoms with Gasteiger partial charge in [-0.2, -0.15) is 0 Å². The normalized spacial score (nSPS) is 14.1. The third kappa shape index (κ3) is 3.72. The maximum Gasteiger partial charge on any atom is 0.223 e. The van der Waals surface area contributed by atoms with E-state index in [-0.39, 0.29) is 23.8 Å². The Bertz CT molecular complexity index is 149. The molecule has 0 aliphatic carbocycles. The molecule has 0 aliphatic heterocycles. The zero-order valence-electron chi connectivity index (χ0n) is 8.35. The van der Waals surface area contributed by atoms with Crippen molar-refractivity contribution in [2.45, 2.75) is 27.7 Å². The lowest BCUT2D eigenvalue weighted by atomic mass is 9.81. The van der Waals surface area contributed by atoms with Crippen molar-refractivity contribution in [3.8, 4) is 0 Å². The molecule has 1 amide bonds. The first kappa shape index (κ1) is 11.4. The van der Waals surface area contributed by atoms with Gasteiger partial charge in [-0.1, -0.05) is 27.7 Å². The van der Waals surface area contributed by atoms with Gasteiger partial charge in [0.15, 0.2) is 0 Å². The number of aliphatic hydroxyl groups excluding tert-OH is 1. The van der Waals surface area contributed by atoms with E-state index < -0.39 is 0 Å². The average Bonchev–Trinajstić information content (AvgIpc) is 1.97. The summed E-state index contributed by atoms with van der Waals surface area (Å²) in [6.07, 6.45) is 0. The first-order valence-electron chi connectivity index (χ1n) is 4.28. The van der Waals surface area contributed by atoms with E-state index >= 15 is 0 Å². The van der Waals surface area contributed by atoms with E-state index in [0.29, 0.717) is 6.54 Å². The van der Waals surface area contributed by atoms with Crippen molar-refractivity contribution >= 4 is 5.91 Å². The number of aliphatic hydroxyl groups is 1. The number of carbonyl (C=O) groups excluding carboxylic acids is 1. The third-order valence-electron chi connectivity index (χ3n) is 2.10. The standard InChI is InChI=1S/C9H19NO2/c1-7(9(2,3)4)8(12)10-5-6-11/h7,11H,5-6H2,1-4H3,(H,10,12). The van der Waals surface area contributed by atoms with Crippen LogP contribution in [0.3, 0.4) is 0 Å². The summed E-state index contributed by atoms with van der Waals surface area (Å²) in [5.74, 6) is -0.0133. The molecule has 3 nitrogen and oxygen atoms in total. The third-order valence-corrected chi connectivity index (χ3v) is 2.10. The molecule has 1 atom stereocenters. The van der Waals surface area contributed by atoms with Crippen molar-refractivity contribution in [2.24, 2.45) is 11.3 Å². The van der Waals surface area contributed by atoms with Crippen molar-refractivity contribution < 1.29 is 9.90 Å². The summed E-state index contributed by atoms with van der Waals surface area (Å²) in [5, 5.41) is 11.1. The van der Waals surface area contributed by atoms with Crippen LogP contribution in [0.4, 0.5) is 0 Å². The van der Waals surface area contributed by atoms with Gasteiger partial charge < -0.3 is 10.4 Å². The highest BCUT2D eigenvalue weighted by atomic mass is 16.3. The number of hydrogen-bond acceptors (Lipinski definition) is 2. The second-order valence-corrected chi connectivity index (χ2v) is 4.10. The van der Waals surface area contributed by atoms with Crippen LogP contribution in [0.2, 0.25) is 0 Å². The Balaban J connectivity index is 3.94. The Kier molecular flexibility index (Phi) is 4.24. The lowest BCUT2D eigenvalue weighted by molar-refractivity contribution is -0.127. The van der Waals surface area contributed by atoms with E-state index in [1.807, 2.05) is 27.7 Å². The maximum atomic E-state index is 11.3. The number of amides is 1. The Hall–Kier alpha value is -0.570. The molecule has 3 heteroatoms. The van der Waals surface area contributed by atoms with Gasteiger partial charge in [-0.15, -0.1) is 0 Å². The summed E-state index contributed by atoms with van der Waals surface area (Å²) < 4.78 is 0. The molecular weight excluding hydrogens is 154 g/mol. The van der Waals surface area contributed by atoms with Gasteiger partial charge in [0.05, 0.1) is 6.61 Å². The van der Waals surface area contributed by atoms with Crippen LogP contribution in [0.5, 0.6) is 0 Å². The molecule has 0 rings (SSSR count). The quantitative estimate of drug-likeness (QED) is 0.662. The summed E-state index contributed by atoms with van der Waals surface area (Å²) in [5.41, 5.74) is -0.0143. The SMILES string of the molecule is CC(C(=O)NCCO)C(C)(C)C. The highest BCUT2D eigenvalue weighted by Gasteiger charge is 2.25. The van der Waals surface area contributed by atoms with Gasteiger partial charge in [-0.3, -0.25) is 4.79 Å². The second-order valence-electron chi connectivity index (χ2n) is 4.10. The van der Waals surface area contributed by atoms with E-state index in [4.69, 9.17) is 5.11 Å². The van der Waals surface area contributed by atoms with Gasteiger partial charge >= 0.3 is 0 Å². The molecule has 2 N–H and O–H groups in total. The van der Waals surface area contributed by atoms with Crippen LogP contribution in [-0.2, 0) is 4.79 Å². The second kappa shape index (κ2) is 4.45. The predicted molar refractivity (Wildman–Crippen MR) is 48.7 cm³/mol. The van der Waals surface area contributed by atoms with Crippen LogP contribution in [0.15, 0.2) is 0 Å². The fourth-order valence-corrected chi connectivity index (χ4v) is 0.725. The highest BCUT2D eigenvalue weighted by Crippen LogP contribution is 2.24. The average molecular weight is 173 g/mol. The summed E-state index contributed by atoms with van der Waals surface area (Å²) in [6.45, 7) is 8.32. The molecule has 1 unspecified atom stereocenters. The number of rotatable bonds is 3. The molecule has 72 valence electrons. The Labute approximate surface area is 74.2 Å². The minimum Gasteiger partial charge on any atom is -0.395 e.